The van der Waals surface area contributed by atoms with Crippen molar-refractivity contribution in [1.82, 2.24) is 10.2 Å². The molecule has 1 aliphatic rings. The van der Waals surface area contributed by atoms with Crippen LogP contribution in [0.4, 0.5) is 5.69 Å². The molecule has 0 aromatic heterocycles. The molecule has 0 bridgehead atoms. The molecule has 0 radical (unpaired) electrons. The minimum atomic E-state index is -0.421. The van der Waals surface area contributed by atoms with Gasteiger partial charge in [-0.3, -0.25) is 9.69 Å². The van der Waals surface area contributed by atoms with E-state index in [1.165, 1.54) is 0 Å². The lowest BCUT2D eigenvalue weighted by Gasteiger charge is -2.36. The summed E-state index contributed by atoms with van der Waals surface area (Å²) in [4.78, 5) is 15.8. The third-order valence-electron chi connectivity index (χ3n) is 6.21. The van der Waals surface area contributed by atoms with E-state index in [1.807, 2.05) is 18.2 Å². The van der Waals surface area contributed by atoms with E-state index < -0.39 is 6.04 Å². The van der Waals surface area contributed by atoms with Gasteiger partial charge < -0.3 is 20.5 Å². The first-order valence-corrected chi connectivity index (χ1v) is 11.4. The molecule has 2 atom stereocenters. The molecule has 2 unspecified atom stereocenters. The Hall–Kier alpha value is -2.44. The average Bonchev–Trinajstić information content (AvgIpc) is 2.75. The molecule has 174 valence electrons. The predicted molar refractivity (Wildman–Crippen MR) is 130 cm³/mol. The average molecular weight is 460 g/mol. The summed E-state index contributed by atoms with van der Waals surface area (Å²) in [5, 5.41) is 3.73. The van der Waals surface area contributed by atoms with Crippen LogP contribution in [0, 0.1) is 0 Å². The zero-order valence-corrected chi connectivity index (χ0v) is 20.5. The van der Waals surface area contributed by atoms with Gasteiger partial charge in [0.05, 0.1) is 26.2 Å². The summed E-state index contributed by atoms with van der Waals surface area (Å²) < 4.78 is 11.1. The summed E-state index contributed by atoms with van der Waals surface area (Å²) in [5.74, 6) is 0.881. The van der Waals surface area contributed by atoms with Crippen molar-refractivity contribution in [2.75, 3.05) is 26.5 Å². The molecule has 32 heavy (non-hydrogen) atoms. The third-order valence-corrected chi connectivity index (χ3v) is 6.56. The number of amides is 1. The molecule has 3 N–H and O–H groups in total. The van der Waals surface area contributed by atoms with E-state index in [0.717, 1.165) is 23.2 Å². The second kappa shape index (κ2) is 10.0. The maximum atomic E-state index is 13.4. The number of rotatable bonds is 8. The Morgan fingerprint density at radius 2 is 1.59 bits per heavy atom. The van der Waals surface area contributed by atoms with Crippen LogP contribution in [0.25, 0.3) is 0 Å². The lowest BCUT2D eigenvalue weighted by Crippen LogP contribution is -2.42. The number of nitrogens with two attached hydrogens (primary N) is 1. The Morgan fingerprint density at radius 1 is 1.00 bits per heavy atom. The Labute approximate surface area is 196 Å². The van der Waals surface area contributed by atoms with Crippen LogP contribution < -0.4 is 20.5 Å². The van der Waals surface area contributed by atoms with E-state index in [-0.39, 0.29) is 11.8 Å². The van der Waals surface area contributed by atoms with Crippen LogP contribution in [0.3, 0.4) is 0 Å². The van der Waals surface area contributed by atoms with Crippen molar-refractivity contribution in [3.63, 3.8) is 0 Å². The van der Waals surface area contributed by atoms with Crippen molar-refractivity contribution >= 4 is 23.2 Å². The van der Waals surface area contributed by atoms with Gasteiger partial charge >= 0.3 is 0 Å². The predicted octanol–water partition coefficient (Wildman–Crippen LogP) is 4.75. The van der Waals surface area contributed by atoms with E-state index in [9.17, 15) is 4.79 Å². The number of anilines is 1. The summed E-state index contributed by atoms with van der Waals surface area (Å²) in [7, 11) is 3.21. The van der Waals surface area contributed by atoms with Crippen molar-refractivity contribution in [3.8, 4) is 11.5 Å². The van der Waals surface area contributed by atoms with Gasteiger partial charge in [0.25, 0.3) is 0 Å². The topological polar surface area (TPSA) is 76.8 Å². The SMILES string of the molecule is COc1cc2c(cc1OC)C(c1cc(N)ccc1Cl)NC(=O)C2CCN(C(C)C)C(C)C. The van der Waals surface area contributed by atoms with Crippen molar-refractivity contribution in [2.45, 2.75) is 58.2 Å². The molecule has 6 nitrogen and oxygen atoms in total. The highest BCUT2D eigenvalue weighted by Gasteiger charge is 2.36. The first-order chi connectivity index (χ1) is 15.2. The minimum absolute atomic E-state index is 0.0272. The zero-order chi connectivity index (χ0) is 23.6. The molecule has 1 amide bonds. The van der Waals surface area contributed by atoms with Crippen molar-refractivity contribution in [3.05, 3.63) is 52.0 Å². The number of fused-ring (bicyclic) bond motifs is 1. The Balaban J connectivity index is 2.08. The standard InChI is InChI=1S/C25H34ClN3O3/c1-14(2)29(15(3)4)10-9-17-18-12-22(31-5)23(32-6)13-19(18)24(28-25(17)30)20-11-16(27)7-8-21(20)26/h7-8,11-15,17,24H,9-10,27H2,1-6H3,(H,28,30). The van der Waals surface area contributed by atoms with Crippen LogP contribution in [-0.2, 0) is 4.79 Å². The number of ether oxygens (including phenoxy) is 2. The number of hydrogen-bond donors (Lipinski definition) is 2. The highest BCUT2D eigenvalue weighted by atomic mass is 35.5. The number of nitrogens with zero attached hydrogens (tertiary/aromatic N) is 1. The fraction of sp³-hybridized carbons (Fsp3) is 0.480. The van der Waals surface area contributed by atoms with Gasteiger partial charge in [-0.05, 0) is 87.7 Å². The molecule has 0 aliphatic carbocycles. The number of carbonyl (C=O) groups is 1. The highest BCUT2D eigenvalue weighted by molar-refractivity contribution is 6.31. The van der Waals surface area contributed by atoms with Gasteiger partial charge in [-0.1, -0.05) is 11.6 Å². The molecule has 0 fully saturated rings. The summed E-state index contributed by atoms with van der Waals surface area (Å²) in [6.45, 7) is 9.54. The first-order valence-electron chi connectivity index (χ1n) is 11.0. The summed E-state index contributed by atoms with van der Waals surface area (Å²) >= 11 is 6.52. The summed E-state index contributed by atoms with van der Waals surface area (Å²) in [5.41, 5.74) is 9.26. The molecule has 1 aliphatic heterocycles. The van der Waals surface area contributed by atoms with Crippen LogP contribution in [-0.4, -0.2) is 43.7 Å². The minimum Gasteiger partial charge on any atom is -0.493 e. The van der Waals surface area contributed by atoms with Crippen molar-refractivity contribution in [1.29, 1.82) is 0 Å². The van der Waals surface area contributed by atoms with Crippen LogP contribution >= 0.6 is 11.6 Å². The molecule has 0 saturated carbocycles. The normalized spacial score (nSPS) is 18.1. The second-order valence-corrected chi connectivity index (χ2v) is 9.23. The maximum Gasteiger partial charge on any atom is 0.228 e. The largest absolute Gasteiger partial charge is 0.493 e. The molecular formula is C25H34ClN3O3. The van der Waals surface area contributed by atoms with Gasteiger partial charge in [0.1, 0.15) is 0 Å². The maximum absolute atomic E-state index is 13.4. The molecule has 7 heteroatoms. The van der Waals surface area contributed by atoms with E-state index in [1.54, 1.807) is 26.4 Å². The fourth-order valence-electron chi connectivity index (χ4n) is 4.63. The molecule has 0 saturated heterocycles. The van der Waals surface area contributed by atoms with E-state index >= 15 is 0 Å². The van der Waals surface area contributed by atoms with Crippen LogP contribution in [0.5, 0.6) is 11.5 Å². The van der Waals surface area contributed by atoms with Gasteiger partial charge in [-0.2, -0.15) is 0 Å². The fourth-order valence-corrected chi connectivity index (χ4v) is 4.86. The number of halogens is 1. The lowest BCUT2D eigenvalue weighted by atomic mass is 9.81. The molecule has 2 aromatic carbocycles. The number of carbonyl (C=O) groups excluding carboxylic acids is 1. The molecular weight excluding hydrogens is 426 g/mol. The molecule has 1 heterocycles. The summed E-state index contributed by atoms with van der Waals surface area (Å²) in [6.07, 6.45) is 0.696. The summed E-state index contributed by atoms with van der Waals surface area (Å²) in [6, 6.07) is 9.56. The lowest BCUT2D eigenvalue weighted by molar-refractivity contribution is -0.124. The van der Waals surface area contributed by atoms with Gasteiger partial charge in [0.15, 0.2) is 11.5 Å². The number of benzene rings is 2. The van der Waals surface area contributed by atoms with Gasteiger partial charge in [0, 0.05) is 22.8 Å². The number of methoxy groups -OCH3 is 2. The van der Waals surface area contributed by atoms with Crippen LogP contribution in [0.1, 0.15) is 62.8 Å². The van der Waals surface area contributed by atoms with Crippen LogP contribution in [0.15, 0.2) is 30.3 Å². The Kier molecular flexibility index (Phi) is 7.57. The second-order valence-electron chi connectivity index (χ2n) is 8.83. The van der Waals surface area contributed by atoms with Gasteiger partial charge in [0.2, 0.25) is 5.91 Å². The number of hydrogen-bond acceptors (Lipinski definition) is 5. The van der Waals surface area contributed by atoms with Crippen LogP contribution in [0.2, 0.25) is 5.02 Å². The molecule has 2 aromatic rings. The third kappa shape index (κ3) is 4.81. The Morgan fingerprint density at radius 3 is 2.16 bits per heavy atom. The smallest absolute Gasteiger partial charge is 0.228 e. The van der Waals surface area contributed by atoms with Crippen molar-refractivity contribution in [2.24, 2.45) is 0 Å². The first kappa shape index (κ1) is 24.2. The molecule has 3 rings (SSSR count). The number of nitrogens with one attached hydrogen (secondary N) is 1. The van der Waals surface area contributed by atoms with E-state index in [0.29, 0.717) is 40.7 Å². The number of nitrogen functional groups attached to an aromatic ring is 1. The Bertz CT molecular complexity index is 969. The molecule has 0 spiro atoms. The van der Waals surface area contributed by atoms with Gasteiger partial charge in [-0.25, -0.2) is 0 Å². The van der Waals surface area contributed by atoms with Gasteiger partial charge in [-0.15, -0.1) is 0 Å². The monoisotopic (exact) mass is 459 g/mol. The zero-order valence-electron chi connectivity index (χ0n) is 19.7. The van der Waals surface area contributed by atoms with E-state index in [4.69, 9.17) is 26.8 Å². The van der Waals surface area contributed by atoms with E-state index in [2.05, 4.69) is 37.9 Å². The quantitative estimate of drug-likeness (QED) is 0.557. The highest BCUT2D eigenvalue weighted by Crippen LogP contribution is 2.44. The van der Waals surface area contributed by atoms with Crippen molar-refractivity contribution < 1.29 is 14.3 Å².